The minimum atomic E-state index is -0.184. The van der Waals surface area contributed by atoms with Crippen molar-refractivity contribution in [2.75, 3.05) is 49.2 Å². The zero-order valence-corrected chi connectivity index (χ0v) is 18.7. The highest BCUT2D eigenvalue weighted by atomic mass is 16.5. The summed E-state index contributed by atoms with van der Waals surface area (Å²) in [6.45, 7) is 10.4. The van der Waals surface area contributed by atoms with E-state index in [2.05, 4.69) is 46.7 Å². The van der Waals surface area contributed by atoms with E-state index in [1.807, 2.05) is 0 Å². The van der Waals surface area contributed by atoms with E-state index in [1.54, 1.807) is 0 Å². The van der Waals surface area contributed by atoms with Gasteiger partial charge in [0.25, 0.3) is 0 Å². The van der Waals surface area contributed by atoms with Crippen LogP contribution in [0.4, 0.5) is 11.4 Å². The van der Waals surface area contributed by atoms with Crippen molar-refractivity contribution in [1.82, 2.24) is 4.90 Å². The first-order chi connectivity index (χ1) is 14.6. The molecule has 0 unspecified atom stereocenters. The number of hydrogen-bond acceptors (Lipinski definition) is 4. The number of anilines is 2. The lowest BCUT2D eigenvalue weighted by molar-refractivity contribution is -0.136. The zero-order chi connectivity index (χ0) is 20.7. The van der Waals surface area contributed by atoms with Crippen LogP contribution in [-0.4, -0.2) is 62.3 Å². The van der Waals surface area contributed by atoms with E-state index in [9.17, 15) is 4.79 Å². The summed E-state index contributed by atoms with van der Waals surface area (Å²) in [5, 5.41) is 0. The monoisotopic (exact) mass is 411 g/mol. The van der Waals surface area contributed by atoms with Crippen molar-refractivity contribution in [3.8, 4) is 0 Å². The third-order valence-electron chi connectivity index (χ3n) is 8.26. The molecule has 30 heavy (non-hydrogen) atoms. The number of likely N-dealkylation sites (tertiary alicyclic amines) is 1. The van der Waals surface area contributed by atoms with Crippen LogP contribution in [0.3, 0.4) is 0 Å². The van der Waals surface area contributed by atoms with Gasteiger partial charge < -0.3 is 14.5 Å². The summed E-state index contributed by atoms with van der Waals surface area (Å²) >= 11 is 0. The van der Waals surface area contributed by atoms with E-state index >= 15 is 0 Å². The van der Waals surface area contributed by atoms with Crippen LogP contribution in [0.15, 0.2) is 18.2 Å². The number of piperidine rings is 1. The van der Waals surface area contributed by atoms with Gasteiger partial charge in [0.15, 0.2) is 0 Å². The van der Waals surface area contributed by atoms with E-state index in [0.717, 1.165) is 70.3 Å². The van der Waals surface area contributed by atoms with Crippen LogP contribution in [-0.2, 0) is 9.53 Å². The van der Waals surface area contributed by atoms with E-state index in [-0.39, 0.29) is 5.41 Å². The Balaban J connectivity index is 1.31. The number of carbonyl (C=O) groups excluding carboxylic acids is 1. The van der Waals surface area contributed by atoms with Crippen LogP contribution in [0.25, 0.3) is 0 Å². The number of nitrogens with zero attached hydrogens (tertiary/aromatic N) is 3. The second-order valence-corrected chi connectivity index (χ2v) is 10.0. The molecule has 164 valence electrons. The van der Waals surface area contributed by atoms with Gasteiger partial charge in [0.05, 0.1) is 5.41 Å². The molecule has 0 saturated carbocycles. The van der Waals surface area contributed by atoms with Crippen LogP contribution in [0.1, 0.15) is 57.4 Å². The SMILES string of the molecule is Cc1cc(N2CC[C@@H](N3CCC[C@@H]3C)C2)ccc1N1CCCC2(CCOCC2)C1=O. The summed E-state index contributed by atoms with van der Waals surface area (Å²) < 4.78 is 5.56. The van der Waals surface area contributed by atoms with Gasteiger partial charge >= 0.3 is 0 Å². The van der Waals surface area contributed by atoms with E-state index in [4.69, 9.17) is 4.74 Å². The molecule has 4 aliphatic rings. The van der Waals surface area contributed by atoms with Gasteiger partial charge in [-0.15, -0.1) is 0 Å². The van der Waals surface area contributed by atoms with Crippen molar-refractivity contribution in [3.05, 3.63) is 23.8 Å². The molecule has 1 aromatic carbocycles. The molecule has 0 bridgehead atoms. The number of ether oxygens (including phenoxy) is 1. The molecule has 4 heterocycles. The number of benzene rings is 1. The van der Waals surface area contributed by atoms with Gasteiger partial charge in [0.2, 0.25) is 5.91 Å². The Morgan fingerprint density at radius 1 is 1.03 bits per heavy atom. The lowest BCUT2D eigenvalue weighted by Gasteiger charge is -2.44. The van der Waals surface area contributed by atoms with E-state index < -0.39 is 0 Å². The Hall–Kier alpha value is -1.59. The smallest absolute Gasteiger partial charge is 0.233 e. The molecule has 2 atom stereocenters. The largest absolute Gasteiger partial charge is 0.381 e. The summed E-state index contributed by atoms with van der Waals surface area (Å²) in [5.41, 5.74) is 3.47. The third-order valence-corrected chi connectivity index (χ3v) is 8.26. The van der Waals surface area contributed by atoms with Gasteiger partial charge in [0.1, 0.15) is 0 Å². The minimum Gasteiger partial charge on any atom is -0.381 e. The van der Waals surface area contributed by atoms with Gasteiger partial charge in [-0.05, 0) is 89.1 Å². The zero-order valence-electron chi connectivity index (χ0n) is 18.7. The molecule has 0 N–H and O–H groups in total. The summed E-state index contributed by atoms with van der Waals surface area (Å²) in [6, 6.07) is 8.19. The summed E-state index contributed by atoms with van der Waals surface area (Å²) in [7, 11) is 0. The molecule has 4 fully saturated rings. The van der Waals surface area contributed by atoms with Gasteiger partial charge in [-0.25, -0.2) is 0 Å². The maximum absolute atomic E-state index is 13.5. The van der Waals surface area contributed by atoms with Crippen molar-refractivity contribution < 1.29 is 9.53 Å². The second kappa shape index (κ2) is 8.16. The number of carbonyl (C=O) groups is 1. The van der Waals surface area contributed by atoms with Crippen LogP contribution in [0.2, 0.25) is 0 Å². The molecule has 0 aromatic heterocycles. The predicted octanol–water partition coefficient (Wildman–Crippen LogP) is 3.98. The predicted molar refractivity (Wildman–Crippen MR) is 121 cm³/mol. The quantitative estimate of drug-likeness (QED) is 0.754. The van der Waals surface area contributed by atoms with E-state index in [0.29, 0.717) is 11.9 Å². The standard InChI is InChI=1S/C25H37N3O2/c1-19-17-21(26-14-8-22(18-26)27-12-3-5-20(27)2)6-7-23(19)28-13-4-9-25(24(28)29)10-15-30-16-11-25/h6-7,17,20,22H,3-5,8-16,18H2,1-2H3/t20-,22+/m0/s1. The highest BCUT2D eigenvalue weighted by Crippen LogP contribution is 2.42. The van der Waals surface area contributed by atoms with Gasteiger partial charge in [0, 0.05) is 56.3 Å². The Kier molecular flexibility index (Phi) is 5.53. The van der Waals surface area contributed by atoms with Crippen LogP contribution in [0.5, 0.6) is 0 Å². The topological polar surface area (TPSA) is 36.0 Å². The molecular weight excluding hydrogens is 374 g/mol. The first kappa shape index (κ1) is 20.3. The Labute approximate surface area is 181 Å². The van der Waals surface area contributed by atoms with E-state index in [1.165, 1.54) is 37.1 Å². The molecule has 4 saturated heterocycles. The molecule has 0 radical (unpaired) electrons. The average Bonchev–Trinajstić information content (AvgIpc) is 3.40. The summed E-state index contributed by atoms with van der Waals surface area (Å²) in [6.07, 6.45) is 7.83. The molecule has 1 amide bonds. The lowest BCUT2D eigenvalue weighted by atomic mass is 9.73. The van der Waals surface area contributed by atoms with Crippen LogP contribution < -0.4 is 9.80 Å². The maximum Gasteiger partial charge on any atom is 0.233 e. The lowest BCUT2D eigenvalue weighted by Crippen LogP contribution is -2.51. The first-order valence-electron chi connectivity index (χ1n) is 12.1. The molecule has 5 heteroatoms. The second-order valence-electron chi connectivity index (χ2n) is 10.0. The first-order valence-corrected chi connectivity index (χ1v) is 12.1. The number of rotatable bonds is 3. The van der Waals surface area contributed by atoms with Gasteiger partial charge in [-0.3, -0.25) is 9.69 Å². The maximum atomic E-state index is 13.5. The molecule has 0 aliphatic carbocycles. The third kappa shape index (κ3) is 3.54. The minimum absolute atomic E-state index is 0.184. The number of amides is 1. The van der Waals surface area contributed by atoms with Crippen LogP contribution >= 0.6 is 0 Å². The van der Waals surface area contributed by atoms with Crippen molar-refractivity contribution in [2.24, 2.45) is 5.41 Å². The number of hydrogen-bond donors (Lipinski definition) is 0. The normalized spacial score (nSPS) is 29.9. The Bertz CT molecular complexity index is 783. The number of aryl methyl sites for hydroxylation is 1. The Morgan fingerprint density at radius 2 is 1.87 bits per heavy atom. The summed E-state index contributed by atoms with van der Waals surface area (Å²) in [5.74, 6) is 0.331. The molecule has 5 nitrogen and oxygen atoms in total. The highest BCUT2D eigenvalue weighted by Gasteiger charge is 2.45. The van der Waals surface area contributed by atoms with Crippen molar-refractivity contribution in [3.63, 3.8) is 0 Å². The van der Waals surface area contributed by atoms with Crippen molar-refractivity contribution >= 4 is 17.3 Å². The van der Waals surface area contributed by atoms with Gasteiger partial charge in [-0.2, -0.15) is 0 Å². The summed E-state index contributed by atoms with van der Waals surface area (Å²) in [4.78, 5) is 20.8. The molecule has 1 aromatic rings. The molecule has 4 aliphatic heterocycles. The molecule has 1 spiro atoms. The molecule has 5 rings (SSSR count). The van der Waals surface area contributed by atoms with Crippen LogP contribution in [0, 0.1) is 12.3 Å². The average molecular weight is 412 g/mol. The molecular formula is C25H37N3O2. The Morgan fingerprint density at radius 3 is 2.60 bits per heavy atom. The fourth-order valence-electron chi connectivity index (χ4n) is 6.41. The fourth-order valence-corrected chi connectivity index (χ4v) is 6.41. The van der Waals surface area contributed by atoms with Crippen molar-refractivity contribution in [1.29, 1.82) is 0 Å². The van der Waals surface area contributed by atoms with Crippen molar-refractivity contribution in [2.45, 2.75) is 70.9 Å². The van der Waals surface area contributed by atoms with Gasteiger partial charge in [-0.1, -0.05) is 0 Å². The highest BCUT2D eigenvalue weighted by molar-refractivity contribution is 5.99. The fraction of sp³-hybridized carbons (Fsp3) is 0.720.